The molecule has 11 aromatic rings. The molecule has 0 spiro atoms. The highest BCUT2D eigenvalue weighted by Gasteiger charge is 2.25. The zero-order valence-electron chi connectivity index (χ0n) is 32.9. The maximum absolute atomic E-state index is 7.01. The standard InChI is InChI=1S/C56H40N2O/c1-37-35-43(36-38(2)54(37)41-19-7-4-8-20-41)57(42-31-29-40(30-32-42)39-17-5-3-6-18-39)52-34-33-47(56-55(52)48-24-12-16-28-53(48)59-56)46-23-11-15-27-51(46)58-49-25-13-9-21-44(49)45-22-10-14-26-50(45)58/h3-36H,1-2H3. The molecule has 11 rings (SSSR count). The van der Waals surface area contributed by atoms with Gasteiger partial charge in [0.25, 0.3) is 0 Å². The van der Waals surface area contributed by atoms with E-state index in [1.807, 2.05) is 0 Å². The first kappa shape index (κ1) is 34.6. The number of anilines is 3. The Morgan fingerprint density at radius 1 is 0.424 bits per heavy atom. The average molecular weight is 757 g/mol. The number of aryl methyl sites for hydroxylation is 2. The zero-order chi connectivity index (χ0) is 39.5. The number of hydrogen-bond acceptors (Lipinski definition) is 2. The minimum absolute atomic E-state index is 0.858. The molecule has 3 nitrogen and oxygen atoms in total. The summed E-state index contributed by atoms with van der Waals surface area (Å²) in [5.74, 6) is 0. The number of hydrogen-bond donors (Lipinski definition) is 0. The monoisotopic (exact) mass is 756 g/mol. The van der Waals surface area contributed by atoms with Crippen molar-refractivity contribution in [1.82, 2.24) is 4.57 Å². The lowest BCUT2D eigenvalue weighted by Crippen LogP contribution is -2.11. The van der Waals surface area contributed by atoms with Gasteiger partial charge in [0.1, 0.15) is 11.2 Å². The highest BCUT2D eigenvalue weighted by atomic mass is 16.3. The van der Waals surface area contributed by atoms with Crippen LogP contribution in [0.1, 0.15) is 11.1 Å². The van der Waals surface area contributed by atoms with Crippen molar-refractivity contribution in [2.24, 2.45) is 0 Å². The van der Waals surface area contributed by atoms with Gasteiger partial charge in [-0.25, -0.2) is 0 Å². The van der Waals surface area contributed by atoms with Crippen LogP contribution in [0.2, 0.25) is 0 Å². The van der Waals surface area contributed by atoms with Crippen LogP contribution in [0, 0.1) is 13.8 Å². The van der Waals surface area contributed by atoms with Gasteiger partial charge in [-0.2, -0.15) is 0 Å². The van der Waals surface area contributed by atoms with Crippen molar-refractivity contribution >= 4 is 60.8 Å². The summed E-state index contributed by atoms with van der Waals surface area (Å²) in [5, 5.41) is 4.62. The first-order valence-electron chi connectivity index (χ1n) is 20.3. The third kappa shape index (κ3) is 5.74. The lowest BCUT2D eigenvalue weighted by Gasteiger charge is -2.28. The third-order valence-electron chi connectivity index (χ3n) is 11.8. The molecular formula is C56H40N2O. The van der Waals surface area contributed by atoms with Gasteiger partial charge in [0.05, 0.1) is 27.8 Å². The molecule has 59 heavy (non-hydrogen) atoms. The van der Waals surface area contributed by atoms with Gasteiger partial charge in [0, 0.05) is 38.7 Å². The van der Waals surface area contributed by atoms with E-state index >= 15 is 0 Å². The van der Waals surface area contributed by atoms with Gasteiger partial charge in [-0.15, -0.1) is 0 Å². The number of nitrogens with zero attached hydrogens (tertiary/aromatic N) is 2. The van der Waals surface area contributed by atoms with E-state index in [-0.39, 0.29) is 0 Å². The van der Waals surface area contributed by atoms with Crippen LogP contribution < -0.4 is 4.90 Å². The maximum atomic E-state index is 7.01. The van der Waals surface area contributed by atoms with Crippen LogP contribution in [-0.4, -0.2) is 4.57 Å². The minimum atomic E-state index is 0.858. The molecule has 0 bridgehead atoms. The van der Waals surface area contributed by atoms with E-state index in [2.05, 4.69) is 230 Å². The van der Waals surface area contributed by atoms with Crippen LogP contribution in [0.25, 0.3) is 82.8 Å². The van der Waals surface area contributed by atoms with E-state index in [0.29, 0.717) is 0 Å². The van der Waals surface area contributed by atoms with E-state index in [0.717, 1.165) is 55.8 Å². The summed E-state index contributed by atoms with van der Waals surface area (Å²) in [7, 11) is 0. The summed E-state index contributed by atoms with van der Waals surface area (Å²) in [6, 6.07) is 74.1. The normalized spacial score (nSPS) is 11.6. The largest absolute Gasteiger partial charge is 0.455 e. The number of rotatable bonds is 7. The second-order valence-corrected chi connectivity index (χ2v) is 15.4. The van der Waals surface area contributed by atoms with Crippen LogP contribution >= 0.6 is 0 Å². The van der Waals surface area contributed by atoms with Crippen LogP contribution in [0.15, 0.2) is 211 Å². The summed E-state index contributed by atoms with van der Waals surface area (Å²) in [6.45, 7) is 4.46. The Balaban J connectivity index is 1.16. The van der Waals surface area contributed by atoms with E-state index in [4.69, 9.17) is 4.42 Å². The average Bonchev–Trinajstić information content (AvgIpc) is 3.84. The Labute approximate surface area is 343 Å². The molecule has 0 N–H and O–H groups in total. The second kappa shape index (κ2) is 14.1. The summed E-state index contributed by atoms with van der Waals surface area (Å²) in [5.41, 5.74) is 17.9. The molecule has 0 amide bonds. The summed E-state index contributed by atoms with van der Waals surface area (Å²) < 4.78 is 9.42. The van der Waals surface area contributed by atoms with E-state index in [1.165, 1.54) is 55.2 Å². The van der Waals surface area contributed by atoms with Gasteiger partial charge >= 0.3 is 0 Å². The number of aromatic nitrogens is 1. The van der Waals surface area contributed by atoms with Crippen LogP contribution in [0.4, 0.5) is 17.1 Å². The SMILES string of the molecule is Cc1cc(N(c2ccc(-c3ccccc3)cc2)c2ccc(-c3ccccc3-n3c4ccccc4c4ccccc43)c3oc4ccccc4c23)cc(C)c1-c1ccccc1. The number of para-hydroxylation sites is 4. The van der Waals surface area contributed by atoms with Crippen molar-refractivity contribution in [2.75, 3.05) is 4.90 Å². The molecule has 0 saturated carbocycles. The lowest BCUT2D eigenvalue weighted by molar-refractivity contribution is 0.670. The molecule has 2 heterocycles. The summed E-state index contributed by atoms with van der Waals surface area (Å²) in [4.78, 5) is 2.41. The van der Waals surface area contributed by atoms with E-state index < -0.39 is 0 Å². The van der Waals surface area contributed by atoms with E-state index in [9.17, 15) is 0 Å². The van der Waals surface area contributed by atoms with Crippen molar-refractivity contribution in [3.05, 3.63) is 217 Å². The number of benzene rings is 9. The third-order valence-corrected chi connectivity index (χ3v) is 11.8. The molecule has 0 saturated heterocycles. The van der Waals surface area contributed by atoms with Gasteiger partial charge in [-0.05, 0) is 108 Å². The summed E-state index contributed by atoms with van der Waals surface area (Å²) in [6.07, 6.45) is 0. The Bertz CT molecular complexity index is 3260. The fourth-order valence-corrected chi connectivity index (χ4v) is 9.28. The molecule has 2 aromatic heterocycles. The van der Waals surface area contributed by atoms with Gasteiger partial charge in [0.15, 0.2) is 0 Å². The molecule has 3 heteroatoms. The first-order valence-corrected chi connectivity index (χ1v) is 20.3. The van der Waals surface area contributed by atoms with Crippen LogP contribution in [-0.2, 0) is 0 Å². The van der Waals surface area contributed by atoms with Gasteiger partial charge in [-0.1, -0.05) is 146 Å². The second-order valence-electron chi connectivity index (χ2n) is 15.4. The topological polar surface area (TPSA) is 21.3 Å². The Morgan fingerprint density at radius 2 is 0.966 bits per heavy atom. The molecule has 0 radical (unpaired) electrons. The van der Waals surface area contributed by atoms with E-state index in [1.54, 1.807) is 0 Å². The predicted octanol–water partition coefficient (Wildman–Crippen LogP) is 15.8. The fraction of sp³-hybridized carbons (Fsp3) is 0.0357. The van der Waals surface area contributed by atoms with Crippen LogP contribution in [0.5, 0.6) is 0 Å². The Kier molecular flexibility index (Phi) is 8.27. The molecule has 0 atom stereocenters. The van der Waals surface area contributed by atoms with Gasteiger partial charge in [0.2, 0.25) is 0 Å². The van der Waals surface area contributed by atoms with Crippen molar-refractivity contribution < 1.29 is 4.42 Å². The minimum Gasteiger partial charge on any atom is -0.455 e. The quantitative estimate of drug-likeness (QED) is 0.161. The number of fused-ring (bicyclic) bond motifs is 6. The molecule has 0 fully saturated rings. The lowest BCUT2D eigenvalue weighted by atomic mass is 9.94. The van der Waals surface area contributed by atoms with Crippen molar-refractivity contribution in [3.8, 4) is 39.1 Å². The molecule has 280 valence electrons. The van der Waals surface area contributed by atoms with Crippen molar-refractivity contribution in [2.45, 2.75) is 13.8 Å². The summed E-state index contributed by atoms with van der Waals surface area (Å²) >= 11 is 0. The van der Waals surface area contributed by atoms with Gasteiger partial charge < -0.3 is 13.9 Å². The first-order chi connectivity index (χ1) is 29.1. The molecule has 0 aliphatic rings. The number of furan rings is 1. The Hall–Kier alpha value is -7.62. The van der Waals surface area contributed by atoms with Crippen molar-refractivity contribution in [3.63, 3.8) is 0 Å². The molecule has 9 aromatic carbocycles. The smallest absolute Gasteiger partial charge is 0.145 e. The Morgan fingerprint density at radius 3 is 1.64 bits per heavy atom. The highest BCUT2D eigenvalue weighted by Crippen LogP contribution is 2.48. The molecule has 0 unspecified atom stereocenters. The molecular weight excluding hydrogens is 717 g/mol. The zero-order valence-corrected chi connectivity index (χ0v) is 32.9. The van der Waals surface area contributed by atoms with Crippen LogP contribution in [0.3, 0.4) is 0 Å². The van der Waals surface area contributed by atoms with Gasteiger partial charge in [-0.3, -0.25) is 0 Å². The van der Waals surface area contributed by atoms with Crippen molar-refractivity contribution in [1.29, 1.82) is 0 Å². The fourth-order valence-electron chi connectivity index (χ4n) is 9.28. The predicted molar refractivity (Wildman–Crippen MR) is 249 cm³/mol. The molecule has 0 aliphatic heterocycles. The highest BCUT2D eigenvalue weighted by molar-refractivity contribution is 6.18. The molecule has 0 aliphatic carbocycles. The maximum Gasteiger partial charge on any atom is 0.145 e.